The molecule has 2 heterocycles. The molecule has 0 unspecified atom stereocenters. The zero-order valence-electron chi connectivity index (χ0n) is 15.2. The minimum absolute atomic E-state index is 0.0319. The lowest BCUT2D eigenvalue weighted by atomic mass is 9.49. The normalized spacial score (nSPS) is 35.4. The second-order valence-electron chi connectivity index (χ2n) is 8.99. The summed E-state index contributed by atoms with van der Waals surface area (Å²) in [5.41, 5.74) is 0.609. The first-order valence-corrected chi connectivity index (χ1v) is 10.1. The van der Waals surface area contributed by atoms with Crippen LogP contribution in [0.15, 0.2) is 18.3 Å². The number of hydrogen-bond acceptors (Lipinski definition) is 4. The molecule has 5 fully saturated rings. The molecule has 5 aliphatic rings. The molecule has 1 aromatic heterocycles. The number of pyridine rings is 1. The van der Waals surface area contributed by atoms with Gasteiger partial charge in [-0.05, 0) is 68.4 Å². The molecular formula is C21H26N4O. The van der Waals surface area contributed by atoms with E-state index in [1.807, 2.05) is 6.07 Å². The zero-order valence-corrected chi connectivity index (χ0v) is 15.2. The van der Waals surface area contributed by atoms with Gasteiger partial charge in [-0.15, -0.1) is 0 Å². The quantitative estimate of drug-likeness (QED) is 0.823. The van der Waals surface area contributed by atoms with Crippen LogP contribution in [0.25, 0.3) is 0 Å². The predicted octanol–water partition coefficient (Wildman–Crippen LogP) is 2.82. The van der Waals surface area contributed by atoms with E-state index in [4.69, 9.17) is 5.26 Å². The van der Waals surface area contributed by atoms with Crippen molar-refractivity contribution >= 4 is 11.7 Å². The lowest BCUT2D eigenvalue weighted by Gasteiger charge is -2.57. The molecule has 136 valence electrons. The largest absolute Gasteiger partial charge is 0.353 e. The van der Waals surface area contributed by atoms with Crippen molar-refractivity contribution in [2.75, 3.05) is 31.1 Å². The number of aromatic nitrogens is 1. The molecule has 1 aromatic rings. The summed E-state index contributed by atoms with van der Waals surface area (Å²) in [6.45, 7) is 3.16. The molecule has 4 saturated carbocycles. The molecule has 26 heavy (non-hydrogen) atoms. The van der Waals surface area contributed by atoms with E-state index in [9.17, 15) is 4.79 Å². The van der Waals surface area contributed by atoms with E-state index in [1.54, 1.807) is 12.3 Å². The van der Waals surface area contributed by atoms with Crippen LogP contribution in [0.1, 0.15) is 44.1 Å². The molecule has 5 heteroatoms. The van der Waals surface area contributed by atoms with Gasteiger partial charge in [-0.25, -0.2) is 4.98 Å². The summed E-state index contributed by atoms with van der Waals surface area (Å²) in [5, 5.41) is 9.08. The number of anilines is 1. The van der Waals surface area contributed by atoms with E-state index in [-0.39, 0.29) is 5.41 Å². The number of piperazine rings is 1. The molecule has 0 aromatic carbocycles. The van der Waals surface area contributed by atoms with Crippen LogP contribution in [0.4, 0.5) is 5.82 Å². The minimum atomic E-state index is -0.0319. The third kappa shape index (κ3) is 2.58. The molecule has 4 bridgehead atoms. The first kappa shape index (κ1) is 16.1. The Morgan fingerprint density at radius 1 is 1.08 bits per heavy atom. The second-order valence-corrected chi connectivity index (χ2v) is 8.99. The van der Waals surface area contributed by atoms with Crippen LogP contribution in [-0.2, 0) is 4.79 Å². The van der Waals surface area contributed by atoms with Gasteiger partial charge in [0.25, 0.3) is 0 Å². The fraction of sp³-hybridized carbons (Fsp3) is 0.667. The number of amides is 1. The SMILES string of the molecule is N#Cc1ccnc(N2CCN(C(=O)C34CC5CC(CC(C5)C3)C4)CC2)c1. The zero-order chi connectivity index (χ0) is 17.7. The summed E-state index contributed by atoms with van der Waals surface area (Å²) < 4.78 is 0. The highest BCUT2D eigenvalue weighted by Crippen LogP contribution is 2.60. The first-order chi connectivity index (χ1) is 12.6. The molecule has 6 rings (SSSR count). The van der Waals surface area contributed by atoms with Gasteiger partial charge in [0.1, 0.15) is 5.82 Å². The summed E-state index contributed by atoms with van der Waals surface area (Å²) in [7, 11) is 0. The van der Waals surface area contributed by atoms with Crippen molar-refractivity contribution < 1.29 is 4.79 Å². The summed E-state index contributed by atoms with van der Waals surface area (Å²) in [5.74, 6) is 3.72. The predicted molar refractivity (Wildman–Crippen MR) is 98.4 cm³/mol. The Kier molecular flexibility index (Phi) is 3.70. The second kappa shape index (κ2) is 5.97. The molecule has 4 aliphatic carbocycles. The number of nitriles is 1. The van der Waals surface area contributed by atoms with Gasteiger partial charge in [0.15, 0.2) is 0 Å². The van der Waals surface area contributed by atoms with Gasteiger partial charge in [0, 0.05) is 32.4 Å². The lowest BCUT2D eigenvalue weighted by molar-refractivity contribution is -0.158. The molecule has 0 spiro atoms. The van der Waals surface area contributed by atoms with Crippen LogP contribution in [0, 0.1) is 34.5 Å². The molecule has 0 N–H and O–H groups in total. The van der Waals surface area contributed by atoms with Gasteiger partial charge in [-0.1, -0.05) is 0 Å². The van der Waals surface area contributed by atoms with Crippen molar-refractivity contribution in [2.45, 2.75) is 38.5 Å². The van der Waals surface area contributed by atoms with Gasteiger partial charge in [-0.3, -0.25) is 4.79 Å². The van der Waals surface area contributed by atoms with E-state index >= 15 is 0 Å². The summed E-state index contributed by atoms with van der Waals surface area (Å²) >= 11 is 0. The average Bonchev–Trinajstić information content (AvgIpc) is 2.66. The highest BCUT2D eigenvalue weighted by molar-refractivity contribution is 5.83. The van der Waals surface area contributed by atoms with Gasteiger partial charge >= 0.3 is 0 Å². The maximum atomic E-state index is 13.4. The number of carbonyl (C=O) groups excluding carboxylic acids is 1. The molecule has 0 radical (unpaired) electrons. The standard InChI is InChI=1S/C21H26N4O/c22-14-15-1-2-23-19(10-15)24-3-5-25(6-4-24)20(26)21-11-16-7-17(12-21)9-18(8-16)13-21/h1-2,10,16-18H,3-9,11-13H2. The van der Waals surface area contributed by atoms with E-state index in [0.717, 1.165) is 69.0 Å². The molecule has 1 aliphatic heterocycles. The molecule has 1 saturated heterocycles. The fourth-order valence-electron chi connectivity index (χ4n) is 6.51. The highest BCUT2D eigenvalue weighted by Gasteiger charge is 2.55. The van der Waals surface area contributed by atoms with Crippen LogP contribution < -0.4 is 4.90 Å². The Morgan fingerprint density at radius 2 is 1.69 bits per heavy atom. The minimum Gasteiger partial charge on any atom is -0.353 e. The Bertz CT molecular complexity index is 724. The maximum Gasteiger partial charge on any atom is 0.228 e. The topological polar surface area (TPSA) is 60.2 Å². The van der Waals surface area contributed by atoms with Gasteiger partial charge in [0.2, 0.25) is 5.91 Å². The third-order valence-electron chi connectivity index (χ3n) is 7.26. The number of rotatable bonds is 2. The Morgan fingerprint density at radius 3 is 2.27 bits per heavy atom. The summed E-state index contributed by atoms with van der Waals surface area (Å²) in [6, 6.07) is 5.75. The van der Waals surface area contributed by atoms with Crippen molar-refractivity contribution in [3.63, 3.8) is 0 Å². The van der Waals surface area contributed by atoms with Crippen molar-refractivity contribution in [3.8, 4) is 6.07 Å². The van der Waals surface area contributed by atoms with Gasteiger partial charge < -0.3 is 9.80 Å². The molecule has 5 nitrogen and oxygen atoms in total. The van der Waals surface area contributed by atoms with Crippen LogP contribution >= 0.6 is 0 Å². The summed E-state index contributed by atoms with van der Waals surface area (Å²) in [4.78, 5) is 22.2. The van der Waals surface area contributed by atoms with Crippen LogP contribution in [0.5, 0.6) is 0 Å². The summed E-state index contributed by atoms with van der Waals surface area (Å²) in [6.07, 6.45) is 9.25. The van der Waals surface area contributed by atoms with Crippen molar-refractivity contribution in [1.82, 2.24) is 9.88 Å². The lowest BCUT2D eigenvalue weighted by Crippen LogP contribution is -2.58. The fourth-order valence-corrected chi connectivity index (χ4v) is 6.51. The van der Waals surface area contributed by atoms with Crippen molar-refractivity contribution in [1.29, 1.82) is 5.26 Å². The Labute approximate surface area is 155 Å². The van der Waals surface area contributed by atoms with Gasteiger partial charge in [0.05, 0.1) is 17.0 Å². The molecule has 0 atom stereocenters. The van der Waals surface area contributed by atoms with E-state index in [2.05, 4.69) is 20.9 Å². The van der Waals surface area contributed by atoms with Crippen molar-refractivity contribution in [2.24, 2.45) is 23.2 Å². The highest BCUT2D eigenvalue weighted by atomic mass is 16.2. The van der Waals surface area contributed by atoms with Crippen LogP contribution in [0.2, 0.25) is 0 Å². The Hall–Kier alpha value is -2.09. The number of nitrogens with zero attached hydrogens (tertiary/aromatic N) is 4. The van der Waals surface area contributed by atoms with E-state index in [1.165, 1.54) is 19.3 Å². The van der Waals surface area contributed by atoms with Crippen LogP contribution in [-0.4, -0.2) is 42.0 Å². The van der Waals surface area contributed by atoms with Gasteiger partial charge in [-0.2, -0.15) is 5.26 Å². The monoisotopic (exact) mass is 350 g/mol. The Balaban J connectivity index is 1.27. The number of hydrogen-bond donors (Lipinski definition) is 0. The van der Waals surface area contributed by atoms with E-state index in [0.29, 0.717) is 11.5 Å². The number of carbonyl (C=O) groups is 1. The molecular weight excluding hydrogens is 324 g/mol. The molecule has 1 amide bonds. The third-order valence-corrected chi connectivity index (χ3v) is 7.26. The first-order valence-electron chi connectivity index (χ1n) is 10.1. The average molecular weight is 350 g/mol. The van der Waals surface area contributed by atoms with Crippen LogP contribution in [0.3, 0.4) is 0 Å². The van der Waals surface area contributed by atoms with E-state index < -0.39 is 0 Å². The smallest absolute Gasteiger partial charge is 0.228 e. The van der Waals surface area contributed by atoms with Crippen molar-refractivity contribution in [3.05, 3.63) is 23.9 Å². The maximum absolute atomic E-state index is 13.4.